The van der Waals surface area contributed by atoms with E-state index in [1.165, 1.54) is 55.3 Å². The van der Waals surface area contributed by atoms with Gasteiger partial charge in [-0.05, 0) is 72.6 Å². The molecule has 0 unspecified atom stereocenters. The van der Waals surface area contributed by atoms with Crippen LogP contribution in [0.5, 0.6) is 0 Å². The lowest BCUT2D eigenvalue weighted by Crippen LogP contribution is -2.25. The number of fused-ring (bicyclic) bond motifs is 3. The summed E-state index contributed by atoms with van der Waals surface area (Å²) in [6.07, 6.45) is 9.14. The van der Waals surface area contributed by atoms with Crippen molar-refractivity contribution in [3.05, 3.63) is 45.7 Å². The van der Waals surface area contributed by atoms with Crippen molar-refractivity contribution in [1.82, 2.24) is 0 Å². The van der Waals surface area contributed by atoms with Gasteiger partial charge in [-0.25, -0.2) is 0 Å². The summed E-state index contributed by atoms with van der Waals surface area (Å²) >= 11 is 1.59. The van der Waals surface area contributed by atoms with E-state index < -0.39 is 0 Å². The number of nitrogens with one attached hydrogen (secondary N) is 2. The van der Waals surface area contributed by atoms with Crippen LogP contribution in [0.15, 0.2) is 21.6 Å². The number of aryl methyl sites for hydroxylation is 2. The van der Waals surface area contributed by atoms with Crippen molar-refractivity contribution in [3.63, 3.8) is 0 Å². The van der Waals surface area contributed by atoms with Crippen molar-refractivity contribution in [2.75, 3.05) is 4.72 Å². The molecule has 0 fully saturated rings. The van der Waals surface area contributed by atoms with Crippen LogP contribution < -0.4 is 4.72 Å². The van der Waals surface area contributed by atoms with Gasteiger partial charge in [0.25, 0.3) is 0 Å². The number of hydrogen-bond donors (Lipinski definition) is 2. The van der Waals surface area contributed by atoms with E-state index in [4.69, 9.17) is 9.83 Å². The number of anilines is 1. The standard InChI is InChI=1S/C22H26N2OS/c1-22(2)11-18(23)17-10-20(25-19(17)12-22)26-24-21-15-7-3-5-13(15)9-14-6-4-8-16(14)21/h9-10,23-24H,3-8,11-12H2,1-2H3. The topological polar surface area (TPSA) is 49.0 Å². The van der Waals surface area contributed by atoms with Gasteiger partial charge in [0, 0.05) is 35.7 Å². The third-order valence-electron chi connectivity index (χ3n) is 6.13. The van der Waals surface area contributed by atoms with E-state index in [1.54, 1.807) is 23.1 Å². The minimum atomic E-state index is 0.123. The minimum Gasteiger partial charge on any atom is -0.452 e. The molecule has 0 amide bonds. The molecule has 26 heavy (non-hydrogen) atoms. The Balaban J connectivity index is 1.43. The van der Waals surface area contributed by atoms with Gasteiger partial charge >= 0.3 is 0 Å². The highest BCUT2D eigenvalue weighted by Gasteiger charge is 2.32. The lowest BCUT2D eigenvalue weighted by Gasteiger charge is -2.28. The Bertz CT molecular complexity index is 877. The lowest BCUT2D eigenvalue weighted by atomic mass is 9.76. The van der Waals surface area contributed by atoms with Crippen LogP contribution in [-0.4, -0.2) is 5.71 Å². The van der Waals surface area contributed by atoms with Crippen LogP contribution in [0.4, 0.5) is 5.69 Å². The van der Waals surface area contributed by atoms with Gasteiger partial charge in [-0.3, -0.25) is 0 Å². The fourth-order valence-corrected chi connectivity index (χ4v) is 5.72. The molecule has 0 atom stereocenters. The number of benzene rings is 1. The van der Waals surface area contributed by atoms with E-state index in [1.807, 2.05) is 0 Å². The molecule has 0 saturated heterocycles. The molecule has 5 rings (SSSR count). The summed E-state index contributed by atoms with van der Waals surface area (Å²) in [5.41, 5.74) is 9.38. The molecule has 2 aromatic rings. The van der Waals surface area contributed by atoms with Gasteiger partial charge in [0.15, 0.2) is 5.09 Å². The summed E-state index contributed by atoms with van der Waals surface area (Å²) in [5, 5.41) is 9.24. The quantitative estimate of drug-likeness (QED) is 0.683. The van der Waals surface area contributed by atoms with Gasteiger partial charge in [0.05, 0.1) is 5.69 Å². The molecule has 0 bridgehead atoms. The van der Waals surface area contributed by atoms with Crippen molar-refractivity contribution >= 4 is 23.3 Å². The van der Waals surface area contributed by atoms with E-state index in [-0.39, 0.29) is 5.41 Å². The molecule has 1 heterocycles. The second-order valence-electron chi connectivity index (χ2n) is 8.84. The van der Waals surface area contributed by atoms with Crippen LogP contribution in [0, 0.1) is 10.8 Å². The number of rotatable bonds is 3. The van der Waals surface area contributed by atoms with E-state index in [9.17, 15) is 0 Å². The number of hydrogen-bond acceptors (Lipinski definition) is 4. The summed E-state index contributed by atoms with van der Waals surface area (Å²) in [5.74, 6) is 0.985. The smallest absolute Gasteiger partial charge is 0.181 e. The first-order chi connectivity index (χ1) is 12.5. The van der Waals surface area contributed by atoms with Crippen LogP contribution in [-0.2, 0) is 32.1 Å². The van der Waals surface area contributed by atoms with Crippen LogP contribution in [0.3, 0.4) is 0 Å². The third kappa shape index (κ3) is 2.70. The van der Waals surface area contributed by atoms with Crippen molar-refractivity contribution in [2.24, 2.45) is 5.41 Å². The predicted octanol–water partition coefficient (Wildman–Crippen LogP) is 5.72. The lowest BCUT2D eigenvalue weighted by molar-refractivity contribution is 0.315. The van der Waals surface area contributed by atoms with Gasteiger partial charge in [-0.15, -0.1) is 0 Å². The molecule has 2 N–H and O–H groups in total. The van der Waals surface area contributed by atoms with Crippen LogP contribution in [0.25, 0.3) is 0 Å². The fourth-order valence-electron chi connectivity index (χ4n) is 4.95. The molecule has 0 radical (unpaired) electrons. The second-order valence-corrected chi connectivity index (χ2v) is 9.65. The molecule has 3 aliphatic rings. The molecule has 0 spiro atoms. The first kappa shape index (κ1) is 16.5. The molecule has 0 saturated carbocycles. The van der Waals surface area contributed by atoms with E-state index in [0.29, 0.717) is 5.71 Å². The maximum Gasteiger partial charge on any atom is 0.181 e. The summed E-state index contributed by atoms with van der Waals surface area (Å²) in [7, 11) is 0. The normalized spacial score (nSPS) is 20.0. The molecule has 1 aromatic heterocycles. The first-order valence-corrected chi connectivity index (χ1v) is 10.6. The number of furan rings is 1. The first-order valence-electron chi connectivity index (χ1n) is 9.80. The fraction of sp³-hybridized carbons (Fsp3) is 0.500. The molecule has 136 valence electrons. The van der Waals surface area contributed by atoms with Crippen molar-refractivity contribution in [2.45, 2.75) is 70.3 Å². The van der Waals surface area contributed by atoms with Crippen LogP contribution in [0.1, 0.15) is 66.7 Å². The molecule has 4 heteroatoms. The molecular formula is C22H26N2OS. The van der Waals surface area contributed by atoms with Crippen molar-refractivity contribution in [3.8, 4) is 0 Å². The minimum absolute atomic E-state index is 0.123. The monoisotopic (exact) mass is 366 g/mol. The Morgan fingerprint density at radius 2 is 1.69 bits per heavy atom. The molecule has 3 nitrogen and oxygen atoms in total. The highest BCUT2D eigenvalue weighted by molar-refractivity contribution is 8.00. The summed E-state index contributed by atoms with van der Waals surface area (Å²) < 4.78 is 9.79. The molecule has 1 aromatic carbocycles. The Labute approximate surface area is 159 Å². The molecule has 3 aliphatic carbocycles. The highest BCUT2D eigenvalue weighted by Crippen LogP contribution is 2.42. The average molecular weight is 367 g/mol. The Hall–Kier alpha value is -1.68. The van der Waals surface area contributed by atoms with E-state index in [2.05, 4.69) is 30.7 Å². The van der Waals surface area contributed by atoms with Gasteiger partial charge in [0.2, 0.25) is 0 Å². The van der Waals surface area contributed by atoms with Gasteiger partial charge in [-0.1, -0.05) is 19.9 Å². The zero-order valence-electron chi connectivity index (χ0n) is 15.6. The summed E-state index contributed by atoms with van der Waals surface area (Å²) in [6, 6.07) is 4.53. The average Bonchev–Trinajstić information content (AvgIpc) is 3.28. The predicted molar refractivity (Wildman–Crippen MR) is 108 cm³/mol. The van der Waals surface area contributed by atoms with Crippen molar-refractivity contribution < 1.29 is 4.42 Å². The maximum absolute atomic E-state index is 8.35. The van der Waals surface area contributed by atoms with Gasteiger partial charge in [0.1, 0.15) is 5.76 Å². The maximum atomic E-state index is 8.35. The third-order valence-corrected chi connectivity index (χ3v) is 6.84. The SMILES string of the molecule is CC1(C)CC(=N)c2cc(SNc3c4c(cc5c3CCC5)CCC4)oc2C1. The largest absolute Gasteiger partial charge is 0.452 e. The highest BCUT2D eigenvalue weighted by atomic mass is 32.2. The summed E-state index contributed by atoms with van der Waals surface area (Å²) in [6.45, 7) is 4.43. The van der Waals surface area contributed by atoms with Gasteiger partial charge < -0.3 is 14.5 Å². The van der Waals surface area contributed by atoms with E-state index >= 15 is 0 Å². The van der Waals surface area contributed by atoms with Crippen LogP contribution >= 0.6 is 11.9 Å². The second kappa shape index (κ2) is 5.91. The molecular weight excluding hydrogens is 340 g/mol. The zero-order valence-corrected chi connectivity index (χ0v) is 16.4. The van der Waals surface area contributed by atoms with E-state index in [0.717, 1.165) is 29.3 Å². The Morgan fingerprint density at radius 3 is 2.38 bits per heavy atom. The zero-order chi connectivity index (χ0) is 17.9. The Morgan fingerprint density at radius 1 is 1.00 bits per heavy atom. The van der Waals surface area contributed by atoms with Crippen molar-refractivity contribution in [1.29, 1.82) is 5.41 Å². The summed E-state index contributed by atoms with van der Waals surface area (Å²) in [4.78, 5) is 0. The molecule has 0 aliphatic heterocycles. The Kier molecular flexibility index (Phi) is 3.75. The van der Waals surface area contributed by atoms with Gasteiger partial charge in [-0.2, -0.15) is 0 Å². The van der Waals surface area contributed by atoms with Crippen LogP contribution in [0.2, 0.25) is 0 Å².